The molecule has 2 unspecified atom stereocenters. The Morgan fingerprint density at radius 1 is 1.20 bits per heavy atom. The van der Waals surface area contributed by atoms with E-state index in [-0.39, 0.29) is 24.3 Å². The fraction of sp³-hybridized carbons (Fsp3) is 0.600. The van der Waals surface area contributed by atoms with Gasteiger partial charge in [-0.3, -0.25) is 9.59 Å². The van der Waals surface area contributed by atoms with Crippen LogP contribution in [0.4, 0.5) is 0 Å². The van der Waals surface area contributed by atoms with Crippen molar-refractivity contribution in [3.63, 3.8) is 0 Å². The van der Waals surface area contributed by atoms with Crippen molar-refractivity contribution in [2.24, 2.45) is 5.92 Å². The van der Waals surface area contributed by atoms with Gasteiger partial charge in [0.1, 0.15) is 0 Å². The number of rotatable bonds is 7. The number of carbonyl (C=O) groups is 2. The summed E-state index contributed by atoms with van der Waals surface area (Å²) in [6, 6.07) is 7.58. The fourth-order valence-corrected chi connectivity index (χ4v) is 3.68. The maximum atomic E-state index is 13.0. The first-order valence-corrected chi connectivity index (χ1v) is 9.58. The van der Waals surface area contributed by atoms with Crippen LogP contribution in [-0.4, -0.2) is 36.0 Å². The van der Waals surface area contributed by atoms with Gasteiger partial charge in [-0.15, -0.1) is 0 Å². The zero-order chi connectivity index (χ0) is 18.2. The van der Waals surface area contributed by atoms with Crippen molar-refractivity contribution in [1.82, 2.24) is 4.90 Å². The first-order valence-electron chi connectivity index (χ1n) is 9.20. The molecule has 5 heteroatoms. The molecule has 0 spiro atoms. The van der Waals surface area contributed by atoms with E-state index in [4.69, 9.17) is 16.3 Å². The van der Waals surface area contributed by atoms with E-state index >= 15 is 0 Å². The average Bonchev–Trinajstić information content (AvgIpc) is 2.59. The third kappa shape index (κ3) is 6.03. The summed E-state index contributed by atoms with van der Waals surface area (Å²) in [7, 11) is 0. The van der Waals surface area contributed by atoms with E-state index in [2.05, 4.69) is 6.92 Å². The normalized spacial score (nSPS) is 20.1. The summed E-state index contributed by atoms with van der Waals surface area (Å²) < 4.78 is 5.03. The molecule has 1 aromatic carbocycles. The van der Waals surface area contributed by atoms with Crippen LogP contribution in [-0.2, 0) is 20.7 Å². The Morgan fingerprint density at radius 3 is 2.52 bits per heavy atom. The minimum atomic E-state index is -0.241. The molecule has 1 saturated carbocycles. The highest BCUT2D eigenvalue weighted by molar-refractivity contribution is 6.30. The van der Waals surface area contributed by atoms with Crippen LogP contribution in [0, 0.1) is 5.92 Å². The van der Waals surface area contributed by atoms with E-state index in [1.165, 1.54) is 6.42 Å². The van der Waals surface area contributed by atoms with Crippen LogP contribution in [0.25, 0.3) is 0 Å². The lowest BCUT2D eigenvalue weighted by Crippen LogP contribution is -2.47. The molecule has 1 amide bonds. The molecule has 2 rings (SSSR count). The molecular formula is C20H28ClNO3. The number of hydrogen-bond donors (Lipinski definition) is 0. The molecular weight excluding hydrogens is 338 g/mol. The largest absolute Gasteiger partial charge is 0.466 e. The molecule has 2 atom stereocenters. The van der Waals surface area contributed by atoms with Crippen molar-refractivity contribution in [2.75, 3.05) is 13.2 Å². The molecule has 138 valence electrons. The Kier molecular flexibility index (Phi) is 7.76. The third-order valence-corrected chi connectivity index (χ3v) is 5.17. The SMILES string of the molecule is CCOC(=O)CCN(C(=O)Cc1ccc(Cl)cc1)C1CCCCC1C. The van der Waals surface area contributed by atoms with Gasteiger partial charge in [-0.05, 0) is 43.4 Å². The summed E-state index contributed by atoms with van der Waals surface area (Å²) in [5, 5.41) is 0.663. The summed E-state index contributed by atoms with van der Waals surface area (Å²) >= 11 is 5.92. The number of ether oxygens (including phenoxy) is 1. The molecule has 0 aliphatic heterocycles. The Labute approximate surface area is 155 Å². The summed E-state index contributed by atoms with van der Waals surface area (Å²) in [6.45, 7) is 4.80. The van der Waals surface area contributed by atoms with Crippen molar-refractivity contribution in [3.8, 4) is 0 Å². The second kappa shape index (κ2) is 9.81. The highest BCUT2D eigenvalue weighted by Gasteiger charge is 2.30. The Balaban J connectivity index is 2.07. The maximum Gasteiger partial charge on any atom is 0.307 e. The van der Waals surface area contributed by atoms with Gasteiger partial charge in [0, 0.05) is 17.6 Å². The lowest BCUT2D eigenvalue weighted by Gasteiger charge is -2.38. The van der Waals surface area contributed by atoms with Crippen molar-refractivity contribution < 1.29 is 14.3 Å². The molecule has 25 heavy (non-hydrogen) atoms. The average molecular weight is 366 g/mol. The van der Waals surface area contributed by atoms with E-state index in [0.717, 1.165) is 24.8 Å². The molecule has 1 aromatic rings. The molecule has 1 aliphatic rings. The third-order valence-electron chi connectivity index (χ3n) is 4.92. The zero-order valence-electron chi connectivity index (χ0n) is 15.2. The molecule has 1 fully saturated rings. The summed E-state index contributed by atoms with van der Waals surface area (Å²) in [5.74, 6) is 0.297. The van der Waals surface area contributed by atoms with Crippen LogP contribution in [0.5, 0.6) is 0 Å². The van der Waals surface area contributed by atoms with Crippen LogP contribution >= 0.6 is 11.6 Å². The Bertz CT molecular complexity index is 573. The molecule has 0 aromatic heterocycles. The smallest absolute Gasteiger partial charge is 0.307 e. The molecule has 0 saturated heterocycles. The minimum Gasteiger partial charge on any atom is -0.466 e. The van der Waals surface area contributed by atoms with Crippen molar-refractivity contribution >= 4 is 23.5 Å². The molecule has 0 bridgehead atoms. The van der Waals surface area contributed by atoms with Gasteiger partial charge in [0.25, 0.3) is 0 Å². The van der Waals surface area contributed by atoms with Gasteiger partial charge in [-0.1, -0.05) is 43.5 Å². The van der Waals surface area contributed by atoms with Crippen molar-refractivity contribution in [2.45, 2.75) is 58.4 Å². The summed E-state index contributed by atoms with van der Waals surface area (Å²) in [5.41, 5.74) is 0.944. The second-order valence-electron chi connectivity index (χ2n) is 6.77. The van der Waals surface area contributed by atoms with Crippen LogP contribution in [0.2, 0.25) is 5.02 Å². The number of amides is 1. The van der Waals surface area contributed by atoms with Crippen LogP contribution in [0.3, 0.4) is 0 Å². The van der Waals surface area contributed by atoms with E-state index in [9.17, 15) is 9.59 Å². The minimum absolute atomic E-state index is 0.0744. The number of nitrogens with zero attached hydrogens (tertiary/aromatic N) is 1. The predicted molar refractivity (Wildman–Crippen MR) is 99.5 cm³/mol. The maximum absolute atomic E-state index is 13.0. The van der Waals surface area contributed by atoms with Gasteiger partial charge in [0.15, 0.2) is 0 Å². The van der Waals surface area contributed by atoms with Gasteiger partial charge in [-0.2, -0.15) is 0 Å². The van der Waals surface area contributed by atoms with E-state index in [1.807, 2.05) is 17.0 Å². The number of esters is 1. The van der Waals surface area contributed by atoms with Gasteiger partial charge in [0.05, 0.1) is 19.4 Å². The van der Waals surface area contributed by atoms with Crippen molar-refractivity contribution in [3.05, 3.63) is 34.9 Å². The molecule has 0 radical (unpaired) electrons. The van der Waals surface area contributed by atoms with Gasteiger partial charge in [-0.25, -0.2) is 0 Å². The quantitative estimate of drug-likeness (QED) is 0.679. The number of benzene rings is 1. The predicted octanol–water partition coefficient (Wildman–Crippen LogP) is 4.24. The van der Waals surface area contributed by atoms with Crippen LogP contribution in [0.1, 0.15) is 51.5 Å². The van der Waals surface area contributed by atoms with E-state index < -0.39 is 0 Å². The van der Waals surface area contributed by atoms with Crippen LogP contribution in [0.15, 0.2) is 24.3 Å². The summed E-state index contributed by atoms with van der Waals surface area (Å²) in [6.07, 6.45) is 5.09. The molecule has 1 aliphatic carbocycles. The van der Waals surface area contributed by atoms with E-state index in [0.29, 0.717) is 30.5 Å². The second-order valence-corrected chi connectivity index (χ2v) is 7.21. The molecule has 0 N–H and O–H groups in total. The lowest BCUT2D eigenvalue weighted by molar-refractivity contribution is -0.144. The molecule has 4 nitrogen and oxygen atoms in total. The van der Waals surface area contributed by atoms with E-state index in [1.54, 1.807) is 19.1 Å². The highest BCUT2D eigenvalue weighted by atomic mass is 35.5. The first kappa shape index (κ1) is 19.8. The highest BCUT2D eigenvalue weighted by Crippen LogP contribution is 2.29. The van der Waals surface area contributed by atoms with Gasteiger partial charge < -0.3 is 9.64 Å². The summed E-state index contributed by atoms with van der Waals surface area (Å²) in [4.78, 5) is 26.6. The number of halogens is 1. The number of hydrogen-bond acceptors (Lipinski definition) is 3. The monoisotopic (exact) mass is 365 g/mol. The van der Waals surface area contributed by atoms with Gasteiger partial charge in [0.2, 0.25) is 5.91 Å². The lowest BCUT2D eigenvalue weighted by atomic mass is 9.84. The standard InChI is InChI=1S/C20H28ClNO3/c1-3-25-20(24)12-13-22(18-7-5-4-6-15(18)2)19(23)14-16-8-10-17(21)11-9-16/h8-11,15,18H,3-7,12-14H2,1-2H3. The Hall–Kier alpha value is -1.55. The van der Waals surface area contributed by atoms with Gasteiger partial charge >= 0.3 is 5.97 Å². The Morgan fingerprint density at radius 2 is 1.88 bits per heavy atom. The van der Waals surface area contributed by atoms with Crippen LogP contribution < -0.4 is 0 Å². The number of carbonyl (C=O) groups excluding carboxylic acids is 2. The zero-order valence-corrected chi connectivity index (χ0v) is 15.9. The molecule has 0 heterocycles. The fourth-order valence-electron chi connectivity index (χ4n) is 3.56. The first-order chi connectivity index (χ1) is 12.0. The van der Waals surface area contributed by atoms with Crippen molar-refractivity contribution in [1.29, 1.82) is 0 Å². The topological polar surface area (TPSA) is 46.6 Å².